The highest BCUT2D eigenvalue weighted by Crippen LogP contribution is 2.21. The van der Waals surface area contributed by atoms with E-state index in [4.69, 9.17) is 16.3 Å². The van der Waals surface area contributed by atoms with E-state index in [2.05, 4.69) is 10.2 Å². The van der Waals surface area contributed by atoms with Gasteiger partial charge in [0.15, 0.2) is 16.8 Å². The maximum absolute atomic E-state index is 12.3. The van der Waals surface area contributed by atoms with Gasteiger partial charge in [-0.2, -0.15) is 0 Å². The molecule has 0 aliphatic carbocycles. The minimum atomic E-state index is 0.0278. The average molecular weight is 402 g/mol. The standard InChI is InChI=1S/C20H20ClN3O2S/c1-3-24-19(12-26-18-7-5-4-6-14(18)2)22-23-20(24)27-13-17(25)15-8-10-16(21)11-9-15/h4-11H,3,12-13H2,1-2H3. The van der Waals surface area contributed by atoms with Crippen molar-refractivity contribution in [1.82, 2.24) is 14.8 Å². The number of hydrogen-bond acceptors (Lipinski definition) is 5. The Morgan fingerprint density at radius 3 is 2.59 bits per heavy atom. The Labute approximate surface area is 167 Å². The van der Waals surface area contributed by atoms with Gasteiger partial charge in [-0.1, -0.05) is 41.6 Å². The molecule has 2 aromatic carbocycles. The van der Waals surface area contributed by atoms with Crippen LogP contribution < -0.4 is 4.74 Å². The van der Waals surface area contributed by atoms with Gasteiger partial charge in [-0.3, -0.25) is 4.79 Å². The zero-order valence-corrected chi connectivity index (χ0v) is 16.8. The Morgan fingerprint density at radius 2 is 1.89 bits per heavy atom. The van der Waals surface area contributed by atoms with Crippen LogP contribution >= 0.6 is 23.4 Å². The van der Waals surface area contributed by atoms with Crippen molar-refractivity contribution in [3.8, 4) is 5.75 Å². The van der Waals surface area contributed by atoms with E-state index in [1.165, 1.54) is 11.8 Å². The summed E-state index contributed by atoms with van der Waals surface area (Å²) in [6.45, 7) is 5.06. The number of nitrogens with zero attached hydrogens (tertiary/aromatic N) is 3. The number of ketones is 1. The van der Waals surface area contributed by atoms with E-state index in [9.17, 15) is 4.79 Å². The van der Waals surface area contributed by atoms with E-state index in [0.717, 1.165) is 17.1 Å². The summed E-state index contributed by atoms with van der Waals surface area (Å²) in [5, 5.41) is 9.78. The van der Waals surface area contributed by atoms with Crippen LogP contribution in [0.25, 0.3) is 0 Å². The lowest BCUT2D eigenvalue weighted by Gasteiger charge is -2.10. The number of Topliss-reactive ketones (excluding diaryl/α,β-unsaturated/α-hetero) is 1. The molecule has 0 atom stereocenters. The van der Waals surface area contributed by atoms with Crippen LogP contribution in [-0.2, 0) is 13.2 Å². The highest BCUT2D eigenvalue weighted by molar-refractivity contribution is 7.99. The summed E-state index contributed by atoms with van der Waals surface area (Å²) in [7, 11) is 0. The predicted molar refractivity (Wildman–Crippen MR) is 108 cm³/mol. The topological polar surface area (TPSA) is 57.0 Å². The highest BCUT2D eigenvalue weighted by Gasteiger charge is 2.15. The normalized spacial score (nSPS) is 10.8. The Kier molecular flexibility index (Phi) is 6.53. The minimum Gasteiger partial charge on any atom is -0.485 e. The summed E-state index contributed by atoms with van der Waals surface area (Å²) < 4.78 is 7.84. The molecule has 0 bridgehead atoms. The quantitative estimate of drug-likeness (QED) is 0.400. The van der Waals surface area contributed by atoms with Crippen LogP contribution in [0, 0.1) is 6.92 Å². The van der Waals surface area contributed by atoms with E-state index in [0.29, 0.717) is 34.6 Å². The first-order valence-electron chi connectivity index (χ1n) is 8.60. The first-order valence-corrected chi connectivity index (χ1v) is 9.97. The summed E-state index contributed by atoms with van der Waals surface area (Å²) in [5.41, 5.74) is 1.71. The smallest absolute Gasteiger partial charge is 0.191 e. The number of hydrogen-bond donors (Lipinski definition) is 0. The molecule has 140 valence electrons. The Morgan fingerprint density at radius 1 is 1.15 bits per heavy atom. The molecule has 0 aliphatic heterocycles. The molecule has 3 rings (SSSR count). The number of rotatable bonds is 8. The number of thioether (sulfide) groups is 1. The van der Waals surface area contributed by atoms with E-state index >= 15 is 0 Å². The molecule has 0 aliphatic rings. The lowest BCUT2D eigenvalue weighted by atomic mass is 10.1. The molecule has 7 heteroatoms. The Bertz CT molecular complexity index is 925. The van der Waals surface area contributed by atoms with Crippen LogP contribution in [0.5, 0.6) is 5.75 Å². The lowest BCUT2D eigenvalue weighted by Crippen LogP contribution is -2.08. The summed E-state index contributed by atoms with van der Waals surface area (Å²) in [4.78, 5) is 12.3. The van der Waals surface area contributed by atoms with Crippen LogP contribution in [0.2, 0.25) is 5.02 Å². The van der Waals surface area contributed by atoms with Crippen molar-refractivity contribution in [1.29, 1.82) is 0 Å². The van der Waals surface area contributed by atoms with Crippen LogP contribution in [0.4, 0.5) is 0 Å². The molecule has 0 saturated carbocycles. The van der Waals surface area contributed by atoms with Crippen LogP contribution in [-0.4, -0.2) is 26.3 Å². The SMILES string of the molecule is CCn1c(COc2ccccc2C)nnc1SCC(=O)c1ccc(Cl)cc1. The van der Waals surface area contributed by atoms with E-state index in [-0.39, 0.29) is 5.78 Å². The van der Waals surface area contributed by atoms with Crippen molar-refractivity contribution in [3.05, 3.63) is 70.5 Å². The molecule has 0 spiro atoms. The van der Waals surface area contributed by atoms with Gasteiger partial charge in [0.1, 0.15) is 12.4 Å². The molecule has 1 aromatic heterocycles. The largest absolute Gasteiger partial charge is 0.485 e. The fraction of sp³-hybridized carbons (Fsp3) is 0.250. The van der Waals surface area contributed by atoms with Crippen LogP contribution in [0.3, 0.4) is 0 Å². The molecule has 27 heavy (non-hydrogen) atoms. The molecule has 3 aromatic rings. The monoisotopic (exact) mass is 401 g/mol. The summed E-state index contributed by atoms with van der Waals surface area (Å²) >= 11 is 7.24. The number of ether oxygens (including phenoxy) is 1. The molecule has 0 saturated heterocycles. The van der Waals surface area contributed by atoms with Crippen molar-refractivity contribution >= 4 is 29.1 Å². The minimum absolute atomic E-state index is 0.0278. The molecule has 0 fully saturated rings. The number of carbonyl (C=O) groups excluding carboxylic acids is 1. The van der Waals surface area contributed by atoms with Gasteiger partial charge in [-0.25, -0.2) is 0 Å². The third kappa shape index (κ3) is 4.90. The van der Waals surface area contributed by atoms with E-state index < -0.39 is 0 Å². The van der Waals surface area contributed by atoms with Crippen LogP contribution in [0.15, 0.2) is 53.7 Å². The summed E-state index contributed by atoms with van der Waals surface area (Å²) in [5.74, 6) is 1.89. The van der Waals surface area contributed by atoms with Gasteiger partial charge < -0.3 is 9.30 Å². The van der Waals surface area contributed by atoms with Crippen molar-refractivity contribution in [2.24, 2.45) is 0 Å². The second kappa shape index (κ2) is 9.06. The number of para-hydroxylation sites is 1. The third-order valence-electron chi connectivity index (χ3n) is 4.06. The van der Waals surface area contributed by atoms with Gasteiger partial charge in [0.05, 0.1) is 5.75 Å². The Balaban J connectivity index is 1.64. The molecule has 1 heterocycles. The highest BCUT2D eigenvalue weighted by atomic mass is 35.5. The van der Waals surface area contributed by atoms with Crippen molar-refractivity contribution in [2.45, 2.75) is 32.2 Å². The van der Waals surface area contributed by atoms with Gasteiger partial charge in [-0.05, 0) is 49.7 Å². The number of aromatic nitrogens is 3. The van der Waals surface area contributed by atoms with E-state index in [1.54, 1.807) is 24.3 Å². The third-order valence-corrected chi connectivity index (χ3v) is 5.28. The molecule has 0 N–H and O–H groups in total. The van der Waals surface area contributed by atoms with Gasteiger partial charge in [-0.15, -0.1) is 10.2 Å². The summed E-state index contributed by atoms with van der Waals surface area (Å²) in [6, 6.07) is 14.8. The molecule has 5 nitrogen and oxygen atoms in total. The first kappa shape index (κ1) is 19.5. The maximum Gasteiger partial charge on any atom is 0.191 e. The van der Waals surface area contributed by atoms with Gasteiger partial charge in [0.25, 0.3) is 0 Å². The van der Waals surface area contributed by atoms with Crippen LogP contribution in [0.1, 0.15) is 28.7 Å². The van der Waals surface area contributed by atoms with E-state index in [1.807, 2.05) is 42.7 Å². The number of aryl methyl sites for hydroxylation is 1. The lowest BCUT2D eigenvalue weighted by molar-refractivity contribution is 0.102. The molecular weight excluding hydrogens is 382 g/mol. The predicted octanol–water partition coefficient (Wildman–Crippen LogP) is 4.81. The molecule has 0 unspecified atom stereocenters. The van der Waals surface area contributed by atoms with Crippen molar-refractivity contribution < 1.29 is 9.53 Å². The number of halogens is 1. The second-order valence-corrected chi connectivity index (χ2v) is 7.29. The van der Waals surface area contributed by atoms with Gasteiger partial charge >= 0.3 is 0 Å². The fourth-order valence-corrected chi connectivity index (χ4v) is 3.60. The molecular formula is C20H20ClN3O2S. The van der Waals surface area contributed by atoms with Crippen molar-refractivity contribution in [2.75, 3.05) is 5.75 Å². The number of benzene rings is 2. The zero-order chi connectivity index (χ0) is 19.2. The Hall–Kier alpha value is -2.31. The second-order valence-electron chi connectivity index (χ2n) is 5.92. The number of carbonyl (C=O) groups is 1. The first-order chi connectivity index (χ1) is 13.1. The fourth-order valence-electron chi connectivity index (χ4n) is 2.56. The molecule has 0 radical (unpaired) electrons. The summed E-state index contributed by atoms with van der Waals surface area (Å²) in [6.07, 6.45) is 0. The average Bonchev–Trinajstić information content (AvgIpc) is 3.08. The molecule has 0 amide bonds. The van der Waals surface area contributed by atoms with Gasteiger partial charge in [0.2, 0.25) is 0 Å². The van der Waals surface area contributed by atoms with Crippen molar-refractivity contribution in [3.63, 3.8) is 0 Å². The maximum atomic E-state index is 12.3. The van der Waals surface area contributed by atoms with Gasteiger partial charge in [0, 0.05) is 17.1 Å². The zero-order valence-electron chi connectivity index (χ0n) is 15.2.